The molecule has 0 N–H and O–H groups in total. The maximum Gasteiger partial charge on any atom is 0.340 e. The fourth-order valence-electron chi connectivity index (χ4n) is 2.92. The second kappa shape index (κ2) is 7.62. The molecule has 114 valence electrons. The summed E-state index contributed by atoms with van der Waals surface area (Å²) < 4.78 is 0. The molecule has 2 rings (SSSR count). The van der Waals surface area contributed by atoms with E-state index >= 15 is 0 Å². The Morgan fingerprint density at radius 3 is 2.70 bits per heavy atom. The molecule has 5 heteroatoms. The monoisotopic (exact) mass is 280 g/mol. The second-order valence-electron chi connectivity index (χ2n) is 6.21. The van der Waals surface area contributed by atoms with Crippen molar-refractivity contribution in [3.05, 3.63) is 0 Å². The number of carbonyl (C=O) groups is 1. The molecule has 1 aliphatic heterocycles. The van der Waals surface area contributed by atoms with Crippen LogP contribution in [-0.4, -0.2) is 67.3 Å². The number of rotatable bonds is 6. The van der Waals surface area contributed by atoms with Gasteiger partial charge in [-0.05, 0) is 45.8 Å². The molecule has 0 aromatic carbocycles. The standard InChI is InChI=1S/C15H28N4O/c1-17(2)9-6-10-18-11-12-19(15(18)20)16-13-14-7-4-3-5-8-14/h13-14H,3-12H2,1-2H3. The molecule has 1 heterocycles. The Kier molecular flexibility index (Phi) is 5.83. The third-order valence-corrected chi connectivity index (χ3v) is 4.17. The number of amides is 2. The Hall–Kier alpha value is -1.10. The van der Waals surface area contributed by atoms with E-state index in [0.29, 0.717) is 5.92 Å². The zero-order valence-corrected chi connectivity index (χ0v) is 12.9. The average Bonchev–Trinajstić information content (AvgIpc) is 2.79. The minimum atomic E-state index is 0.0795. The van der Waals surface area contributed by atoms with Gasteiger partial charge in [0.05, 0.1) is 6.54 Å². The molecule has 2 fully saturated rings. The highest BCUT2D eigenvalue weighted by Gasteiger charge is 2.27. The van der Waals surface area contributed by atoms with Crippen LogP contribution in [0.4, 0.5) is 4.79 Å². The molecular weight excluding hydrogens is 252 g/mol. The molecule has 0 radical (unpaired) electrons. The molecule has 0 spiro atoms. The first-order valence-electron chi connectivity index (χ1n) is 7.92. The normalized spacial score (nSPS) is 21.6. The van der Waals surface area contributed by atoms with Gasteiger partial charge in [0.25, 0.3) is 0 Å². The van der Waals surface area contributed by atoms with E-state index in [0.717, 1.165) is 32.6 Å². The maximum absolute atomic E-state index is 12.2. The molecule has 1 aliphatic carbocycles. The van der Waals surface area contributed by atoms with Crippen molar-refractivity contribution in [2.24, 2.45) is 11.0 Å². The Morgan fingerprint density at radius 1 is 1.25 bits per heavy atom. The summed E-state index contributed by atoms with van der Waals surface area (Å²) in [4.78, 5) is 16.2. The van der Waals surface area contributed by atoms with Crippen molar-refractivity contribution in [2.75, 3.05) is 40.3 Å². The molecule has 1 saturated heterocycles. The zero-order chi connectivity index (χ0) is 14.4. The largest absolute Gasteiger partial charge is 0.340 e. The summed E-state index contributed by atoms with van der Waals surface area (Å²) in [7, 11) is 4.12. The lowest BCUT2D eigenvalue weighted by molar-refractivity contribution is 0.191. The van der Waals surface area contributed by atoms with Crippen molar-refractivity contribution in [3.8, 4) is 0 Å². The second-order valence-corrected chi connectivity index (χ2v) is 6.21. The number of carbonyl (C=O) groups excluding carboxylic acids is 1. The van der Waals surface area contributed by atoms with Gasteiger partial charge in [-0.15, -0.1) is 0 Å². The van der Waals surface area contributed by atoms with Gasteiger partial charge >= 0.3 is 6.03 Å². The highest BCUT2D eigenvalue weighted by molar-refractivity contribution is 5.77. The summed E-state index contributed by atoms with van der Waals surface area (Å²) in [6, 6.07) is 0.0795. The molecule has 1 saturated carbocycles. The van der Waals surface area contributed by atoms with Crippen LogP contribution in [0.3, 0.4) is 0 Å². The fraction of sp³-hybridized carbons (Fsp3) is 0.867. The fourth-order valence-corrected chi connectivity index (χ4v) is 2.92. The average molecular weight is 280 g/mol. The van der Waals surface area contributed by atoms with Crippen LogP contribution in [0.1, 0.15) is 38.5 Å². The van der Waals surface area contributed by atoms with E-state index in [-0.39, 0.29) is 6.03 Å². The molecule has 0 bridgehead atoms. The van der Waals surface area contributed by atoms with Gasteiger partial charge in [-0.2, -0.15) is 5.10 Å². The number of hydrazone groups is 1. The molecule has 0 atom stereocenters. The van der Waals surface area contributed by atoms with Crippen LogP contribution in [0.15, 0.2) is 5.10 Å². The van der Waals surface area contributed by atoms with E-state index in [4.69, 9.17) is 0 Å². The predicted octanol–water partition coefficient (Wildman–Crippen LogP) is 2.24. The van der Waals surface area contributed by atoms with Crippen molar-refractivity contribution in [3.63, 3.8) is 0 Å². The van der Waals surface area contributed by atoms with Crippen LogP contribution in [0.5, 0.6) is 0 Å². The van der Waals surface area contributed by atoms with E-state index in [1.165, 1.54) is 32.1 Å². The van der Waals surface area contributed by atoms with Crippen LogP contribution in [0.2, 0.25) is 0 Å². The summed E-state index contributed by atoms with van der Waals surface area (Å²) in [5, 5.41) is 6.07. The summed E-state index contributed by atoms with van der Waals surface area (Å²) in [6.45, 7) is 3.42. The highest BCUT2D eigenvalue weighted by atomic mass is 16.2. The van der Waals surface area contributed by atoms with E-state index in [1.54, 1.807) is 5.01 Å². The van der Waals surface area contributed by atoms with Crippen molar-refractivity contribution < 1.29 is 4.79 Å². The first-order valence-corrected chi connectivity index (χ1v) is 7.92. The first kappa shape index (κ1) is 15.3. The molecular formula is C15H28N4O. The summed E-state index contributed by atoms with van der Waals surface area (Å²) in [5.74, 6) is 0.583. The van der Waals surface area contributed by atoms with Crippen LogP contribution in [0.25, 0.3) is 0 Å². The summed E-state index contributed by atoms with van der Waals surface area (Å²) in [5.41, 5.74) is 0. The first-order chi connectivity index (χ1) is 9.66. The van der Waals surface area contributed by atoms with Gasteiger partial charge < -0.3 is 9.80 Å². The van der Waals surface area contributed by atoms with Crippen molar-refractivity contribution in [1.29, 1.82) is 0 Å². The van der Waals surface area contributed by atoms with Crippen molar-refractivity contribution in [2.45, 2.75) is 38.5 Å². The van der Waals surface area contributed by atoms with E-state index in [9.17, 15) is 4.79 Å². The topological polar surface area (TPSA) is 39.1 Å². The van der Waals surface area contributed by atoms with Crippen LogP contribution >= 0.6 is 0 Å². The van der Waals surface area contributed by atoms with Gasteiger partial charge in [-0.1, -0.05) is 19.3 Å². The summed E-state index contributed by atoms with van der Waals surface area (Å²) >= 11 is 0. The van der Waals surface area contributed by atoms with E-state index in [1.807, 2.05) is 11.1 Å². The SMILES string of the molecule is CN(C)CCCN1CCN(N=CC2CCCCC2)C1=O. The lowest BCUT2D eigenvalue weighted by Gasteiger charge is -2.19. The van der Waals surface area contributed by atoms with Gasteiger partial charge in [0.1, 0.15) is 0 Å². The predicted molar refractivity (Wildman–Crippen MR) is 81.9 cm³/mol. The van der Waals surface area contributed by atoms with Gasteiger partial charge in [0, 0.05) is 19.3 Å². The van der Waals surface area contributed by atoms with Crippen LogP contribution < -0.4 is 0 Å². The maximum atomic E-state index is 12.2. The van der Waals surface area contributed by atoms with Crippen LogP contribution in [0, 0.1) is 5.92 Å². The summed E-state index contributed by atoms with van der Waals surface area (Å²) in [6.07, 6.45) is 9.48. The van der Waals surface area contributed by atoms with E-state index < -0.39 is 0 Å². The minimum Gasteiger partial charge on any atom is -0.321 e. The van der Waals surface area contributed by atoms with Crippen molar-refractivity contribution in [1.82, 2.24) is 14.8 Å². The van der Waals surface area contributed by atoms with E-state index in [2.05, 4.69) is 24.1 Å². The Balaban J connectivity index is 1.74. The molecule has 2 aliphatic rings. The smallest absolute Gasteiger partial charge is 0.321 e. The lowest BCUT2D eigenvalue weighted by atomic mass is 9.90. The molecule has 0 aromatic heterocycles. The minimum absolute atomic E-state index is 0.0795. The Bertz CT molecular complexity index is 337. The van der Waals surface area contributed by atoms with Crippen molar-refractivity contribution >= 4 is 12.2 Å². The molecule has 5 nitrogen and oxygen atoms in total. The number of urea groups is 1. The van der Waals surface area contributed by atoms with Gasteiger partial charge in [0.2, 0.25) is 0 Å². The Labute approximate surface area is 122 Å². The Morgan fingerprint density at radius 2 is 2.00 bits per heavy atom. The molecule has 0 aromatic rings. The lowest BCUT2D eigenvalue weighted by Crippen LogP contribution is -2.31. The third kappa shape index (κ3) is 4.47. The molecule has 20 heavy (non-hydrogen) atoms. The number of hydrogen-bond donors (Lipinski definition) is 0. The molecule has 0 unspecified atom stereocenters. The van der Waals surface area contributed by atoms with Gasteiger partial charge in [-0.25, -0.2) is 9.80 Å². The van der Waals surface area contributed by atoms with Crippen LogP contribution in [-0.2, 0) is 0 Å². The highest BCUT2D eigenvalue weighted by Crippen LogP contribution is 2.22. The van der Waals surface area contributed by atoms with Gasteiger partial charge in [-0.3, -0.25) is 0 Å². The quantitative estimate of drug-likeness (QED) is 0.700. The zero-order valence-electron chi connectivity index (χ0n) is 12.9. The number of nitrogens with zero attached hydrogens (tertiary/aromatic N) is 4. The third-order valence-electron chi connectivity index (χ3n) is 4.17. The number of hydrogen-bond acceptors (Lipinski definition) is 3. The van der Waals surface area contributed by atoms with Gasteiger partial charge in [0.15, 0.2) is 0 Å². The molecule has 2 amide bonds.